The summed E-state index contributed by atoms with van der Waals surface area (Å²) < 4.78 is 10.7. The average Bonchev–Trinajstić information content (AvgIpc) is 3.32. The third-order valence-corrected chi connectivity index (χ3v) is 11.1. The Bertz CT molecular complexity index is 2040. The van der Waals surface area contributed by atoms with E-state index in [1.54, 1.807) is 71.9 Å². The smallest absolute Gasteiger partial charge is 0.246 e. The van der Waals surface area contributed by atoms with Crippen LogP contribution >= 0.6 is 0 Å². The van der Waals surface area contributed by atoms with E-state index in [9.17, 15) is 53.1 Å². The fourth-order valence-corrected chi connectivity index (χ4v) is 7.17. The normalized spacial score (nSPS) is 24.2. The third kappa shape index (κ3) is 24.4. The van der Waals surface area contributed by atoms with Gasteiger partial charge in [-0.2, -0.15) is 0 Å². The lowest BCUT2D eigenvalue weighted by molar-refractivity contribution is -0.137. The van der Waals surface area contributed by atoms with Crippen LogP contribution in [0, 0.1) is 17.8 Å². The Morgan fingerprint density at radius 2 is 1.22 bits per heavy atom. The number of guanidine groups is 1. The summed E-state index contributed by atoms with van der Waals surface area (Å²) >= 11 is 0. The summed E-state index contributed by atoms with van der Waals surface area (Å²) in [5.74, 6) is -9.36. The molecule has 26 heteroatoms. The second kappa shape index (κ2) is 32.9. The number of hydrogen-bond donors (Lipinski definition) is 13. The molecule has 10 amide bonds. The molecule has 0 aliphatic carbocycles. The van der Waals surface area contributed by atoms with Crippen molar-refractivity contribution in [2.75, 3.05) is 52.7 Å². The van der Waals surface area contributed by atoms with Gasteiger partial charge in [-0.05, 0) is 49.0 Å². The van der Waals surface area contributed by atoms with Crippen LogP contribution in [-0.2, 0) is 63.8 Å². The zero-order chi connectivity index (χ0) is 54.6. The molecule has 1 heterocycles. The number of aliphatic hydroxyl groups excluding tert-OH is 1. The van der Waals surface area contributed by atoms with E-state index in [0.717, 1.165) is 0 Å². The number of hydrogen-bond acceptors (Lipinski definition) is 14. The Hall–Kier alpha value is -6.93. The van der Waals surface area contributed by atoms with Crippen molar-refractivity contribution < 1.29 is 62.5 Å². The highest BCUT2D eigenvalue weighted by Gasteiger charge is 2.35. The van der Waals surface area contributed by atoms with Gasteiger partial charge in [-0.25, -0.2) is 0 Å². The minimum Gasteiger partial charge on any atom is -0.394 e. The van der Waals surface area contributed by atoms with Gasteiger partial charge in [-0.15, -0.1) is 0 Å². The molecule has 0 unspecified atom stereocenters. The van der Waals surface area contributed by atoms with Gasteiger partial charge in [0.2, 0.25) is 59.1 Å². The van der Waals surface area contributed by atoms with Crippen LogP contribution in [0.5, 0.6) is 0 Å². The number of rotatable bonds is 12. The number of nitrogens with one attached hydrogen (secondary N) is 9. The van der Waals surface area contributed by atoms with E-state index in [1.807, 2.05) is 0 Å². The highest BCUT2D eigenvalue weighted by atomic mass is 16.5. The second-order valence-corrected chi connectivity index (χ2v) is 18.5. The SMILES string of the molecule is CC(C)C[C@@H]1NC(=O)CNC(=O)[C@H](Cc2ccccc2)NC(=O)[C@H](C(C)C)NC(=O)[C@H](C(C)C)NC(=O)[C@H](CO)NC(=O)COCCOCCNC(=O)CC[C@@H](C(N)=O)NC(=O)[C@H](CCCN=C(N)N)NC1=O. The van der Waals surface area contributed by atoms with Gasteiger partial charge < -0.3 is 79.6 Å². The van der Waals surface area contributed by atoms with Crippen LogP contribution in [0.25, 0.3) is 0 Å². The van der Waals surface area contributed by atoms with Crippen molar-refractivity contribution >= 4 is 65.0 Å². The van der Waals surface area contributed by atoms with Gasteiger partial charge in [0.15, 0.2) is 5.96 Å². The molecule has 0 aromatic heterocycles. The molecule has 1 aliphatic rings. The van der Waals surface area contributed by atoms with Crippen LogP contribution in [0.4, 0.5) is 0 Å². The lowest BCUT2D eigenvalue weighted by Gasteiger charge is -2.29. The first kappa shape index (κ1) is 62.2. The number of benzene rings is 1. The number of aliphatic imine (C=N–C) groups is 1. The van der Waals surface area contributed by atoms with E-state index in [0.29, 0.717) is 5.56 Å². The summed E-state index contributed by atoms with van der Waals surface area (Å²) in [7, 11) is 0. The molecule has 1 aromatic carbocycles. The molecule has 0 saturated carbocycles. The molecule has 7 atom stereocenters. The van der Waals surface area contributed by atoms with Gasteiger partial charge in [0.05, 0.1) is 33.0 Å². The van der Waals surface area contributed by atoms with Gasteiger partial charge >= 0.3 is 0 Å². The number of primary amides is 1. The summed E-state index contributed by atoms with van der Waals surface area (Å²) in [5.41, 5.74) is 17.2. The molecule has 26 nitrogen and oxygen atoms in total. The van der Waals surface area contributed by atoms with Crippen molar-refractivity contribution in [2.24, 2.45) is 39.9 Å². The Morgan fingerprint density at radius 1 is 0.644 bits per heavy atom. The van der Waals surface area contributed by atoms with E-state index < -0.39 is 133 Å². The minimum absolute atomic E-state index is 0.00144. The molecule has 1 aliphatic heterocycles. The Balaban J connectivity index is 2.48. The first-order valence-electron chi connectivity index (χ1n) is 24.3. The molecular weight excluding hydrogens is 955 g/mol. The molecule has 16 N–H and O–H groups in total. The Labute approximate surface area is 425 Å². The summed E-state index contributed by atoms with van der Waals surface area (Å²) in [5, 5.41) is 33.1. The molecule has 1 aromatic rings. The quantitative estimate of drug-likeness (QED) is 0.0534. The second-order valence-electron chi connectivity index (χ2n) is 18.5. The number of nitrogens with two attached hydrogens (primary N) is 3. The van der Waals surface area contributed by atoms with Crippen molar-refractivity contribution in [3.63, 3.8) is 0 Å². The van der Waals surface area contributed by atoms with Gasteiger partial charge in [-0.1, -0.05) is 71.9 Å². The first-order valence-corrected chi connectivity index (χ1v) is 24.3. The minimum atomic E-state index is -1.49. The molecule has 1 fully saturated rings. The van der Waals surface area contributed by atoms with E-state index in [1.165, 1.54) is 0 Å². The molecule has 73 heavy (non-hydrogen) atoms. The summed E-state index contributed by atoms with van der Waals surface area (Å²) in [6.07, 6.45) is -0.277. The highest BCUT2D eigenvalue weighted by Crippen LogP contribution is 2.11. The molecule has 0 bridgehead atoms. The monoisotopic (exact) mass is 1030 g/mol. The van der Waals surface area contributed by atoms with Crippen LogP contribution in [0.3, 0.4) is 0 Å². The van der Waals surface area contributed by atoms with Gasteiger partial charge in [0, 0.05) is 25.9 Å². The summed E-state index contributed by atoms with van der Waals surface area (Å²) in [6, 6.07) is -0.531. The number of aliphatic hydroxyl groups is 1. The zero-order valence-electron chi connectivity index (χ0n) is 42.6. The van der Waals surface area contributed by atoms with Gasteiger partial charge in [0.25, 0.3) is 0 Å². The number of carbonyl (C=O) groups excluding carboxylic acids is 10. The predicted molar refractivity (Wildman–Crippen MR) is 266 cm³/mol. The van der Waals surface area contributed by atoms with Crippen molar-refractivity contribution in [3.8, 4) is 0 Å². The van der Waals surface area contributed by atoms with Gasteiger partial charge in [-0.3, -0.25) is 52.9 Å². The van der Waals surface area contributed by atoms with E-state index in [2.05, 4.69) is 52.8 Å². The predicted octanol–water partition coefficient (Wildman–Crippen LogP) is -4.43. The molecule has 0 radical (unpaired) electrons. The van der Waals surface area contributed by atoms with Crippen LogP contribution in [0.2, 0.25) is 0 Å². The lowest BCUT2D eigenvalue weighted by atomic mass is 9.98. The maximum absolute atomic E-state index is 14.0. The fraction of sp³-hybridized carbons (Fsp3) is 0.638. The lowest BCUT2D eigenvalue weighted by Crippen LogP contribution is -2.61. The van der Waals surface area contributed by atoms with Crippen molar-refractivity contribution in [1.82, 2.24) is 47.9 Å². The zero-order valence-corrected chi connectivity index (χ0v) is 42.6. The summed E-state index contributed by atoms with van der Waals surface area (Å²) in [4.78, 5) is 138. The first-order chi connectivity index (χ1) is 34.5. The van der Waals surface area contributed by atoms with Gasteiger partial charge in [0.1, 0.15) is 48.9 Å². The largest absolute Gasteiger partial charge is 0.394 e. The Morgan fingerprint density at radius 3 is 1.82 bits per heavy atom. The maximum Gasteiger partial charge on any atom is 0.246 e. The van der Waals surface area contributed by atoms with E-state index >= 15 is 0 Å². The van der Waals surface area contributed by atoms with Crippen molar-refractivity contribution in [3.05, 3.63) is 35.9 Å². The van der Waals surface area contributed by atoms with E-state index in [4.69, 9.17) is 26.7 Å². The number of carbonyl (C=O) groups is 10. The van der Waals surface area contributed by atoms with Crippen LogP contribution < -0.4 is 65.1 Å². The maximum atomic E-state index is 14.0. The number of nitrogens with zero attached hydrogens (tertiary/aromatic N) is 1. The van der Waals surface area contributed by atoms with Crippen LogP contribution in [0.15, 0.2) is 35.3 Å². The third-order valence-electron chi connectivity index (χ3n) is 11.1. The van der Waals surface area contributed by atoms with Crippen LogP contribution in [0.1, 0.15) is 79.2 Å². The molecule has 408 valence electrons. The Kier molecular flexibility index (Phi) is 28.0. The molecule has 2 rings (SSSR count). The number of ether oxygens (including phenoxy) is 2. The molecular formula is C47H77N13O13. The number of amides is 10. The average molecular weight is 1030 g/mol. The summed E-state index contributed by atoms with van der Waals surface area (Å²) in [6.45, 7) is 8.20. The van der Waals surface area contributed by atoms with Crippen molar-refractivity contribution in [1.29, 1.82) is 0 Å². The highest BCUT2D eigenvalue weighted by molar-refractivity contribution is 5.97. The standard InChI is InChI=1S/C47H77N13O13/c1-26(2)21-32-43(68)57-31(13-10-16-52-47(49)50)42(67)56-30(40(48)65)14-15-35(62)51-17-18-72-19-20-73-25-37(64)55-34(24-61)44(69)59-39(28(5)6)46(71)60-38(27(3)4)45(70)58-33(22-29-11-8-7-9-12-29)41(66)53-23-36(63)54-32/h7-9,11-12,26-28,30-34,38-39,61H,10,13-25H2,1-6H3,(H2,48,65)(H,51,62)(H,53,66)(H,54,63)(H,55,64)(H,56,67)(H,57,68)(H,58,70)(H,59,69)(H,60,71)(H4,49,50,52)/t30-,31-,32-,33-,34-,38-,39-/m0/s1. The van der Waals surface area contributed by atoms with Crippen molar-refractivity contribution in [2.45, 2.75) is 122 Å². The fourth-order valence-electron chi connectivity index (χ4n) is 7.17. The van der Waals surface area contributed by atoms with Crippen LogP contribution in [-0.4, -0.2) is 165 Å². The van der Waals surface area contributed by atoms with E-state index in [-0.39, 0.29) is 83.3 Å². The molecule has 0 spiro atoms. The molecule has 1 saturated heterocycles. The topological polar surface area (TPSA) is 408 Å².